The van der Waals surface area contributed by atoms with Gasteiger partial charge in [0.15, 0.2) is 0 Å². The first kappa shape index (κ1) is 22.2. The van der Waals surface area contributed by atoms with E-state index in [2.05, 4.69) is 13.8 Å². The van der Waals surface area contributed by atoms with E-state index in [1.165, 1.54) is 0 Å². The number of hydrogen-bond acceptors (Lipinski definition) is 3. The van der Waals surface area contributed by atoms with Crippen LogP contribution in [-0.4, -0.2) is 53.3 Å². The van der Waals surface area contributed by atoms with E-state index < -0.39 is 0 Å². The van der Waals surface area contributed by atoms with Gasteiger partial charge in [0.05, 0.1) is 0 Å². The van der Waals surface area contributed by atoms with Crippen LogP contribution < -0.4 is 5.73 Å². The van der Waals surface area contributed by atoms with Crippen molar-refractivity contribution in [1.82, 2.24) is 9.80 Å². The molecule has 2 unspecified atom stereocenters. The first-order chi connectivity index (χ1) is 10.5. The van der Waals surface area contributed by atoms with Gasteiger partial charge in [-0.05, 0) is 39.0 Å². The lowest BCUT2D eigenvalue weighted by atomic mass is 9.96. The van der Waals surface area contributed by atoms with Crippen molar-refractivity contribution in [3.8, 4) is 0 Å². The van der Waals surface area contributed by atoms with Crippen LogP contribution in [0.1, 0.15) is 65.7 Å². The Morgan fingerprint density at radius 2 is 1.78 bits per heavy atom. The van der Waals surface area contributed by atoms with Crippen molar-refractivity contribution in [1.29, 1.82) is 0 Å². The van der Waals surface area contributed by atoms with Crippen molar-refractivity contribution in [3.63, 3.8) is 0 Å². The minimum absolute atomic E-state index is 0. The molecular weight excluding hydrogens is 314 g/mol. The smallest absolute Gasteiger partial charge is 0.223 e. The molecule has 2 amide bonds. The minimum Gasteiger partial charge on any atom is -0.343 e. The lowest BCUT2D eigenvalue weighted by molar-refractivity contribution is -0.139. The molecule has 1 aliphatic heterocycles. The third-order valence-electron chi connectivity index (χ3n) is 4.37. The van der Waals surface area contributed by atoms with Crippen LogP contribution in [0.15, 0.2) is 0 Å². The van der Waals surface area contributed by atoms with E-state index in [4.69, 9.17) is 5.73 Å². The second kappa shape index (κ2) is 11.7. The Morgan fingerprint density at radius 1 is 1.17 bits per heavy atom. The predicted molar refractivity (Wildman–Crippen MR) is 96.6 cm³/mol. The van der Waals surface area contributed by atoms with E-state index in [0.717, 1.165) is 51.7 Å². The average Bonchev–Trinajstić information content (AvgIpc) is 2.52. The number of rotatable bonds is 8. The Labute approximate surface area is 147 Å². The van der Waals surface area contributed by atoms with E-state index in [1.807, 2.05) is 16.7 Å². The monoisotopic (exact) mass is 347 g/mol. The van der Waals surface area contributed by atoms with Gasteiger partial charge >= 0.3 is 0 Å². The fourth-order valence-corrected chi connectivity index (χ4v) is 3.23. The molecule has 0 bridgehead atoms. The third kappa shape index (κ3) is 7.08. The van der Waals surface area contributed by atoms with Gasteiger partial charge in [-0.15, -0.1) is 12.4 Å². The second-order valence-corrected chi connectivity index (χ2v) is 6.39. The summed E-state index contributed by atoms with van der Waals surface area (Å²) in [4.78, 5) is 28.5. The van der Waals surface area contributed by atoms with Crippen LogP contribution in [0.5, 0.6) is 0 Å². The van der Waals surface area contributed by atoms with Crippen molar-refractivity contribution >= 4 is 24.2 Å². The topological polar surface area (TPSA) is 66.6 Å². The first-order valence-electron chi connectivity index (χ1n) is 8.84. The lowest BCUT2D eigenvalue weighted by Gasteiger charge is -2.38. The SMILES string of the molecule is CCCN(CCC)C(=O)CCC(=O)N1CCCCC1C(C)N.Cl. The Morgan fingerprint density at radius 3 is 2.30 bits per heavy atom. The zero-order chi connectivity index (χ0) is 16.5. The summed E-state index contributed by atoms with van der Waals surface area (Å²) >= 11 is 0. The molecular formula is C17H34ClN3O2. The summed E-state index contributed by atoms with van der Waals surface area (Å²) in [5.74, 6) is 0.190. The summed E-state index contributed by atoms with van der Waals surface area (Å²) in [6, 6.07) is 0.135. The van der Waals surface area contributed by atoms with E-state index in [9.17, 15) is 9.59 Å². The quantitative estimate of drug-likeness (QED) is 0.733. The van der Waals surface area contributed by atoms with Gasteiger partial charge in [-0.25, -0.2) is 0 Å². The van der Waals surface area contributed by atoms with E-state index >= 15 is 0 Å². The standard InChI is InChI=1S/C17H33N3O2.ClH/c1-4-11-19(12-5-2)16(21)9-10-17(22)20-13-7-6-8-15(20)14(3)18;/h14-15H,4-13,18H2,1-3H3;1H. The van der Waals surface area contributed by atoms with Crippen molar-refractivity contribution < 1.29 is 9.59 Å². The number of amides is 2. The molecule has 0 aromatic rings. The van der Waals surface area contributed by atoms with Crippen LogP contribution in [0.25, 0.3) is 0 Å². The van der Waals surface area contributed by atoms with Gasteiger partial charge in [0, 0.05) is 44.6 Å². The highest BCUT2D eigenvalue weighted by Crippen LogP contribution is 2.20. The maximum absolute atomic E-state index is 12.5. The minimum atomic E-state index is -0.00312. The molecule has 1 heterocycles. The molecule has 0 spiro atoms. The summed E-state index contributed by atoms with van der Waals surface area (Å²) < 4.78 is 0. The molecule has 6 heteroatoms. The lowest BCUT2D eigenvalue weighted by Crippen LogP contribution is -2.51. The maximum Gasteiger partial charge on any atom is 0.223 e. The fraction of sp³-hybridized carbons (Fsp3) is 0.882. The van der Waals surface area contributed by atoms with Gasteiger partial charge in [-0.1, -0.05) is 13.8 Å². The maximum atomic E-state index is 12.5. The van der Waals surface area contributed by atoms with Crippen LogP contribution in [0.3, 0.4) is 0 Å². The number of carbonyl (C=O) groups is 2. The largest absolute Gasteiger partial charge is 0.343 e. The summed E-state index contributed by atoms with van der Waals surface area (Å²) in [7, 11) is 0. The van der Waals surface area contributed by atoms with Gasteiger partial charge in [-0.3, -0.25) is 9.59 Å². The van der Waals surface area contributed by atoms with E-state index in [-0.39, 0.29) is 36.3 Å². The molecule has 2 atom stereocenters. The zero-order valence-electron chi connectivity index (χ0n) is 14.9. The Hall–Kier alpha value is -0.810. The molecule has 1 saturated heterocycles. The van der Waals surface area contributed by atoms with E-state index in [0.29, 0.717) is 12.8 Å². The molecule has 1 fully saturated rings. The Bertz CT molecular complexity index is 358. The number of likely N-dealkylation sites (tertiary alicyclic amines) is 1. The molecule has 1 aliphatic rings. The van der Waals surface area contributed by atoms with Gasteiger partial charge < -0.3 is 15.5 Å². The third-order valence-corrected chi connectivity index (χ3v) is 4.37. The first-order valence-corrected chi connectivity index (χ1v) is 8.84. The molecule has 0 aromatic carbocycles. The molecule has 0 saturated carbocycles. The number of piperidine rings is 1. The molecule has 0 radical (unpaired) electrons. The average molecular weight is 348 g/mol. The normalized spacial score (nSPS) is 19.0. The summed E-state index contributed by atoms with van der Waals surface area (Å²) in [5.41, 5.74) is 6.01. The predicted octanol–water partition coefficient (Wildman–Crippen LogP) is 2.57. The number of hydrogen-bond donors (Lipinski definition) is 1. The highest BCUT2D eigenvalue weighted by atomic mass is 35.5. The summed E-state index contributed by atoms with van der Waals surface area (Å²) in [5, 5.41) is 0. The van der Waals surface area contributed by atoms with Gasteiger partial charge in [-0.2, -0.15) is 0 Å². The van der Waals surface area contributed by atoms with Crippen molar-refractivity contribution in [2.24, 2.45) is 5.73 Å². The Balaban J connectivity index is 0.00000484. The highest BCUT2D eigenvalue weighted by molar-refractivity contribution is 5.85. The van der Waals surface area contributed by atoms with E-state index in [1.54, 1.807) is 0 Å². The molecule has 0 aromatic heterocycles. The van der Waals surface area contributed by atoms with Crippen molar-refractivity contribution in [2.45, 2.75) is 77.8 Å². The number of nitrogens with two attached hydrogens (primary N) is 1. The number of halogens is 1. The highest BCUT2D eigenvalue weighted by Gasteiger charge is 2.29. The zero-order valence-corrected chi connectivity index (χ0v) is 15.7. The molecule has 136 valence electrons. The Kier molecular flexibility index (Phi) is 11.3. The number of nitrogens with zero attached hydrogens (tertiary/aromatic N) is 2. The number of carbonyl (C=O) groups excluding carboxylic acids is 2. The molecule has 1 rings (SSSR count). The summed E-state index contributed by atoms with van der Waals surface area (Å²) in [6.07, 6.45) is 5.70. The fourth-order valence-electron chi connectivity index (χ4n) is 3.23. The van der Waals surface area contributed by atoms with Gasteiger partial charge in [0.1, 0.15) is 0 Å². The molecule has 2 N–H and O–H groups in total. The van der Waals surface area contributed by atoms with Crippen LogP contribution in [0.2, 0.25) is 0 Å². The van der Waals surface area contributed by atoms with Crippen LogP contribution in [0.4, 0.5) is 0 Å². The molecule has 5 nitrogen and oxygen atoms in total. The van der Waals surface area contributed by atoms with Gasteiger partial charge in [0.2, 0.25) is 11.8 Å². The van der Waals surface area contributed by atoms with Crippen LogP contribution in [0, 0.1) is 0 Å². The second-order valence-electron chi connectivity index (χ2n) is 6.39. The van der Waals surface area contributed by atoms with Crippen LogP contribution >= 0.6 is 12.4 Å². The van der Waals surface area contributed by atoms with Gasteiger partial charge in [0.25, 0.3) is 0 Å². The van der Waals surface area contributed by atoms with Crippen LogP contribution in [-0.2, 0) is 9.59 Å². The van der Waals surface area contributed by atoms with Crippen molar-refractivity contribution in [2.75, 3.05) is 19.6 Å². The summed E-state index contributed by atoms with van der Waals surface area (Å²) in [6.45, 7) is 8.46. The molecule has 23 heavy (non-hydrogen) atoms. The van der Waals surface area contributed by atoms with Crippen molar-refractivity contribution in [3.05, 3.63) is 0 Å². The molecule has 0 aliphatic carbocycles.